The van der Waals surface area contributed by atoms with Crippen molar-refractivity contribution >= 4 is 71.6 Å². The van der Waals surface area contributed by atoms with Crippen LogP contribution in [0, 0.1) is 0 Å². The van der Waals surface area contributed by atoms with Crippen LogP contribution in [0.2, 0.25) is 0 Å². The zero-order valence-corrected chi connectivity index (χ0v) is 33.3. The Labute approximate surface area is 331 Å². The highest BCUT2D eigenvalue weighted by atomic mass is 79.9. The molecule has 5 heterocycles. The molecule has 4 aromatic carbocycles. The highest BCUT2D eigenvalue weighted by molar-refractivity contribution is 9.10. The van der Waals surface area contributed by atoms with Crippen LogP contribution in [-0.4, -0.2) is 61.8 Å². The van der Waals surface area contributed by atoms with Crippen LogP contribution in [0.1, 0.15) is 38.8 Å². The van der Waals surface area contributed by atoms with Crippen molar-refractivity contribution in [3.05, 3.63) is 134 Å². The van der Waals surface area contributed by atoms with Crippen LogP contribution in [0.4, 0.5) is 0 Å². The number of rotatable bonds is 6. The molecule has 0 unspecified atom stereocenters. The van der Waals surface area contributed by atoms with Gasteiger partial charge in [-0.3, -0.25) is 19.8 Å². The van der Waals surface area contributed by atoms with Crippen molar-refractivity contribution in [1.29, 1.82) is 0 Å². The van der Waals surface area contributed by atoms with Gasteiger partial charge in [0.05, 0.1) is 28.2 Å². The number of halogens is 1. The summed E-state index contributed by atoms with van der Waals surface area (Å²) in [7, 11) is -0.307. The van der Waals surface area contributed by atoms with Crippen LogP contribution in [-0.2, 0) is 22.2 Å². The predicted octanol–water partition coefficient (Wildman–Crippen LogP) is 6.23. The summed E-state index contributed by atoms with van der Waals surface area (Å²) in [5.74, 6) is 0. The van der Waals surface area contributed by atoms with E-state index < -0.39 is 0 Å². The average molecular weight is 816 g/mol. The van der Waals surface area contributed by atoms with Gasteiger partial charge in [0.15, 0.2) is 0 Å². The molecule has 0 amide bonds. The highest BCUT2D eigenvalue weighted by Gasteiger charge is 2.52. The molecule has 12 nitrogen and oxygen atoms in total. The molecule has 8 aromatic rings. The van der Waals surface area contributed by atoms with Crippen molar-refractivity contribution in [1.82, 2.24) is 30.4 Å². The van der Waals surface area contributed by atoms with E-state index in [9.17, 15) is 9.59 Å². The smallest absolute Gasteiger partial charge is 0.399 e. The van der Waals surface area contributed by atoms with Gasteiger partial charge in [0, 0.05) is 46.5 Å². The molecule has 4 aromatic heterocycles. The summed E-state index contributed by atoms with van der Waals surface area (Å²) in [5, 5.41) is 20.9. The normalized spacial score (nSPS) is 14.5. The maximum absolute atomic E-state index is 12.4. The van der Waals surface area contributed by atoms with Crippen LogP contribution in [0.25, 0.3) is 54.2 Å². The van der Waals surface area contributed by atoms with Crippen LogP contribution >= 0.6 is 15.9 Å². The Hall–Kier alpha value is -5.38. The second-order valence-electron chi connectivity index (χ2n) is 14.7. The van der Waals surface area contributed by atoms with Gasteiger partial charge in [-0.25, -0.2) is 0 Å². The second kappa shape index (κ2) is 16.0. The summed E-state index contributed by atoms with van der Waals surface area (Å²) in [6, 6.07) is 20.2. The number of aromatic amines is 4. The summed E-state index contributed by atoms with van der Waals surface area (Å²) in [6.07, 6.45) is 12.1. The van der Waals surface area contributed by atoms with Gasteiger partial charge in [0.1, 0.15) is 0 Å². The van der Waals surface area contributed by atoms with Crippen molar-refractivity contribution in [2.45, 2.75) is 51.7 Å². The van der Waals surface area contributed by atoms with Crippen LogP contribution in [0.5, 0.6) is 0 Å². The highest BCUT2D eigenvalue weighted by Crippen LogP contribution is 2.36. The molecule has 9 rings (SSSR count). The van der Waals surface area contributed by atoms with Crippen LogP contribution in [0.15, 0.2) is 112 Å². The fourth-order valence-corrected chi connectivity index (χ4v) is 7.39. The van der Waals surface area contributed by atoms with Gasteiger partial charge in [0.25, 0.3) is 11.1 Å². The Morgan fingerprint density at radius 3 is 1.71 bits per heavy atom. The zero-order chi connectivity index (χ0) is 39.6. The third-order valence-electron chi connectivity index (χ3n) is 10.6. The van der Waals surface area contributed by atoms with Crippen LogP contribution in [0.3, 0.4) is 0 Å². The number of H-pyrrole nitrogens is 4. The minimum Gasteiger partial charge on any atom is -0.399 e. The molecule has 0 bridgehead atoms. The second-order valence-corrected chi connectivity index (χ2v) is 15.7. The van der Waals surface area contributed by atoms with E-state index in [0.717, 1.165) is 71.6 Å². The van der Waals surface area contributed by atoms with E-state index in [0.29, 0.717) is 18.5 Å². The quantitative estimate of drug-likeness (QED) is 0.0841. The Morgan fingerprint density at radius 1 is 0.661 bits per heavy atom. The lowest BCUT2D eigenvalue weighted by Crippen LogP contribution is -2.41. The Kier molecular flexibility index (Phi) is 11.1. The molecule has 14 heteroatoms. The molecule has 286 valence electrons. The predicted molar refractivity (Wildman–Crippen MR) is 229 cm³/mol. The molecule has 0 spiro atoms. The van der Waals surface area contributed by atoms with Gasteiger partial charge in [-0.2, -0.15) is 10.2 Å². The van der Waals surface area contributed by atoms with Gasteiger partial charge in [-0.05, 0) is 133 Å². The largest absolute Gasteiger partial charge is 0.498 e. The molecule has 0 aliphatic carbocycles. The van der Waals surface area contributed by atoms with Gasteiger partial charge in [-0.1, -0.05) is 46.3 Å². The van der Waals surface area contributed by atoms with E-state index in [1.807, 2.05) is 64.2 Å². The van der Waals surface area contributed by atoms with Gasteiger partial charge in [-0.15, -0.1) is 0 Å². The lowest BCUT2D eigenvalue weighted by molar-refractivity contribution is 0.00578. The summed E-state index contributed by atoms with van der Waals surface area (Å²) in [4.78, 5) is 30.0. The van der Waals surface area contributed by atoms with Crippen molar-refractivity contribution < 1.29 is 9.31 Å². The van der Waals surface area contributed by atoms with Crippen molar-refractivity contribution in [2.24, 2.45) is 11.5 Å². The van der Waals surface area contributed by atoms with E-state index in [1.165, 1.54) is 11.1 Å². The SMILES string of the molecule is CC1(C)OB(c2cn[nH]c2)OC1(C)C.NCCc1cc2cc[nH]c(=O)c2c2cc(-c3cn[nH]c3)ccc12.NCCc1cc2cc[nH]c(=O)c2c2cc(Br)ccc12. The molecule has 0 radical (unpaired) electrons. The third-order valence-corrected chi connectivity index (χ3v) is 11.1. The van der Waals surface area contributed by atoms with Gasteiger partial charge in [0.2, 0.25) is 0 Å². The minimum absolute atomic E-state index is 0.0556. The standard InChI is InChI=1S/C18H16N4O.C15H13BrN2O.C9H15BN2O2/c19-5-3-12-7-13-4-6-20-18(23)17(13)16-8-11(1-2-15(12)16)14-9-21-22-10-14;16-11-1-2-12-9(3-5-17)7-10-4-6-18-15(19)14(10)13(12)8-11;1-8(2)9(3,4)14-10(13-8)7-5-11-12-6-7/h1-2,4,6-10H,3,5,19H2,(H,20,23)(H,21,22);1-2,4,6-8H,3,5,17H2,(H,18,19);5-6H,1-4H3,(H,11,12). The topological polar surface area (TPSA) is 194 Å². The minimum atomic E-state index is -0.307. The molecule has 1 fully saturated rings. The van der Waals surface area contributed by atoms with Crippen LogP contribution < -0.4 is 28.0 Å². The fourth-order valence-electron chi connectivity index (χ4n) is 7.03. The Bertz CT molecular complexity index is 2750. The molecule has 1 saturated heterocycles. The van der Waals surface area contributed by atoms with E-state index in [4.69, 9.17) is 20.8 Å². The number of benzene rings is 4. The van der Waals surface area contributed by atoms with Gasteiger partial charge < -0.3 is 30.7 Å². The van der Waals surface area contributed by atoms with Gasteiger partial charge >= 0.3 is 7.12 Å². The maximum atomic E-state index is 12.4. The molecular weight excluding hydrogens is 771 g/mol. The number of nitrogens with zero attached hydrogens (tertiary/aromatic N) is 2. The molecular formula is C42H44BBrN8O4. The summed E-state index contributed by atoms with van der Waals surface area (Å²) in [6.45, 7) is 9.31. The lowest BCUT2D eigenvalue weighted by Gasteiger charge is -2.32. The third kappa shape index (κ3) is 7.71. The first-order chi connectivity index (χ1) is 26.9. The molecule has 1 aliphatic rings. The van der Waals surface area contributed by atoms with Crippen molar-refractivity contribution in [3.63, 3.8) is 0 Å². The van der Waals surface area contributed by atoms with Crippen molar-refractivity contribution in [3.8, 4) is 11.1 Å². The molecule has 56 heavy (non-hydrogen) atoms. The van der Waals surface area contributed by atoms with E-state index >= 15 is 0 Å². The number of aromatic nitrogens is 6. The first kappa shape index (κ1) is 38.9. The first-order valence-electron chi connectivity index (χ1n) is 18.4. The summed E-state index contributed by atoms with van der Waals surface area (Å²) in [5.41, 5.74) is 16.0. The van der Waals surface area contributed by atoms with E-state index in [1.54, 1.807) is 31.0 Å². The van der Waals surface area contributed by atoms with E-state index in [2.05, 4.69) is 76.6 Å². The summed E-state index contributed by atoms with van der Waals surface area (Å²) < 4.78 is 12.6. The number of nitrogens with two attached hydrogens (primary N) is 2. The number of hydrogen-bond donors (Lipinski definition) is 6. The average Bonchev–Trinajstić information content (AvgIpc) is 3.94. The Balaban J connectivity index is 0.000000133. The first-order valence-corrected chi connectivity index (χ1v) is 19.2. The number of pyridine rings is 2. The zero-order valence-electron chi connectivity index (χ0n) is 31.7. The lowest BCUT2D eigenvalue weighted by atomic mass is 9.82. The molecule has 1 aliphatic heterocycles. The van der Waals surface area contributed by atoms with Crippen molar-refractivity contribution in [2.75, 3.05) is 13.1 Å². The summed E-state index contributed by atoms with van der Waals surface area (Å²) >= 11 is 3.47. The Morgan fingerprint density at radius 2 is 1.20 bits per heavy atom. The molecule has 8 N–H and O–H groups in total. The monoisotopic (exact) mass is 814 g/mol. The number of nitrogens with one attached hydrogen (secondary N) is 4. The number of hydrogen-bond acceptors (Lipinski definition) is 8. The molecule has 0 saturated carbocycles. The molecule has 0 atom stereocenters. The van der Waals surface area contributed by atoms with E-state index in [-0.39, 0.29) is 29.4 Å². The fraction of sp³-hybridized carbons (Fsp3) is 0.238. The number of fused-ring (bicyclic) bond motifs is 6. The maximum Gasteiger partial charge on any atom is 0.498 e.